The number of dihydropyridines is 1. The minimum atomic E-state index is -0.868. The monoisotopic (exact) mass is 440 g/mol. The molecule has 1 atom stereocenters. The highest BCUT2D eigenvalue weighted by Crippen LogP contribution is 2.40. The van der Waals surface area contributed by atoms with Crippen LogP contribution in [0.5, 0.6) is 0 Å². The Morgan fingerprint density at radius 3 is 2.38 bits per heavy atom. The molecular formula is C24H28N2O6. The van der Waals surface area contributed by atoms with Gasteiger partial charge in [0.15, 0.2) is 0 Å². The Kier molecular flexibility index (Phi) is 8.95. The highest BCUT2D eigenvalue weighted by molar-refractivity contribution is 6.00. The van der Waals surface area contributed by atoms with Crippen LogP contribution >= 0.6 is 0 Å². The number of carbonyl (C=O) groups is 2. The molecule has 0 fully saturated rings. The number of hydrogen-bond acceptors (Lipinski definition) is 7. The largest absolute Gasteiger partial charge is 0.462 e. The van der Waals surface area contributed by atoms with Crippen molar-refractivity contribution in [2.24, 2.45) is 0 Å². The molecule has 0 spiro atoms. The van der Waals surface area contributed by atoms with Gasteiger partial charge in [-0.05, 0) is 38.8 Å². The Morgan fingerprint density at radius 1 is 1.12 bits per heavy atom. The Balaban J connectivity index is 2.53. The van der Waals surface area contributed by atoms with Gasteiger partial charge in [0.25, 0.3) is 5.69 Å². The van der Waals surface area contributed by atoms with Crippen LogP contribution in [0.25, 0.3) is 0 Å². The fourth-order valence-corrected chi connectivity index (χ4v) is 3.41. The molecule has 0 saturated carbocycles. The normalized spacial score (nSPS) is 16.4. The first-order chi connectivity index (χ1) is 15.3. The average Bonchev–Trinajstić information content (AvgIpc) is 2.76. The van der Waals surface area contributed by atoms with E-state index >= 15 is 0 Å². The van der Waals surface area contributed by atoms with Crippen LogP contribution in [0.3, 0.4) is 0 Å². The van der Waals surface area contributed by atoms with Gasteiger partial charge >= 0.3 is 11.9 Å². The number of allylic oxidation sites excluding steroid dienone is 5. The van der Waals surface area contributed by atoms with Gasteiger partial charge in [-0.25, -0.2) is 9.59 Å². The lowest BCUT2D eigenvalue weighted by Crippen LogP contribution is -2.32. The van der Waals surface area contributed by atoms with E-state index in [1.165, 1.54) is 18.2 Å². The second-order valence-corrected chi connectivity index (χ2v) is 7.18. The van der Waals surface area contributed by atoms with E-state index in [1.54, 1.807) is 38.1 Å². The molecule has 1 aromatic carbocycles. The van der Waals surface area contributed by atoms with E-state index in [0.29, 0.717) is 23.4 Å². The summed E-state index contributed by atoms with van der Waals surface area (Å²) in [5.74, 6) is -2.07. The number of nitrogens with zero attached hydrogens (tertiary/aromatic N) is 1. The van der Waals surface area contributed by atoms with Crippen LogP contribution in [-0.4, -0.2) is 30.1 Å². The summed E-state index contributed by atoms with van der Waals surface area (Å²) in [4.78, 5) is 36.8. The van der Waals surface area contributed by atoms with Crippen molar-refractivity contribution in [1.82, 2.24) is 5.32 Å². The van der Waals surface area contributed by atoms with Crippen LogP contribution in [0, 0.1) is 10.1 Å². The van der Waals surface area contributed by atoms with Gasteiger partial charge in [-0.1, -0.05) is 37.3 Å². The highest BCUT2D eigenvalue weighted by atomic mass is 16.6. The summed E-state index contributed by atoms with van der Waals surface area (Å²) in [7, 11) is 0. The SMILES string of the molecule is CC=CC=CCOC(=O)C1=C(C)NC(C)=C(C(=O)OCCC)C1c1cccc([N+](=O)[O-])c1. The van der Waals surface area contributed by atoms with E-state index < -0.39 is 22.8 Å². The van der Waals surface area contributed by atoms with Gasteiger partial charge in [0.05, 0.1) is 28.6 Å². The summed E-state index contributed by atoms with van der Waals surface area (Å²) in [5.41, 5.74) is 1.75. The fraction of sp³-hybridized carbons (Fsp3) is 0.333. The zero-order chi connectivity index (χ0) is 23.7. The molecule has 32 heavy (non-hydrogen) atoms. The third-order valence-electron chi connectivity index (χ3n) is 4.80. The number of non-ortho nitro benzene ring substituents is 1. The maximum atomic E-state index is 13.1. The summed E-state index contributed by atoms with van der Waals surface area (Å²) >= 11 is 0. The van der Waals surface area contributed by atoms with Gasteiger partial charge in [0.1, 0.15) is 6.61 Å². The maximum Gasteiger partial charge on any atom is 0.337 e. The molecule has 0 amide bonds. The Bertz CT molecular complexity index is 1000. The van der Waals surface area contributed by atoms with Crippen LogP contribution in [0.15, 0.2) is 71.1 Å². The van der Waals surface area contributed by atoms with Crippen molar-refractivity contribution in [2.45, 2.75) is 40.0 Å². The third-order valence-corrected chi connectivity index (χ3v) is 4.80. The van der Waals surface area contributed by atoms with E-state index in [-0.39, 0.29) is 30.0 Å². The molecule has 1 heterocycles. The van der Waals surface area contributed by atoms with E-state index in [2.05, 4.69) is 5.32 Å². The number of ether oxygens (including phenoxy) is 2. The molecule has 0 radical (unpaired) electrons. The molecule has 0 bridgehead atoms. The lowest BCUT2D eigenvalue weighted by atomic mass is 9.80. The van der Waals surface area contributed by atoms with Gasteiger partial charge in [-0.3, -0.25) is 10.1 Å². The first-order valence-electron chi connectivity index (χ1n) is 10.4. The number of nitro benzene ring substituents is 1. The number of hydrogen-bond donors (Lipinski definition) is 1. The molecule has 1 unspecified atom stereocenters. The van der Waals surface area contributed by atoms with E-state index in [9.17, 15) is 19.7 Å². The molecule has 0 aromatic heterocycles. The van der Waals surface area contributed by atoms with Crippen LogP contribution in [-0.2, 0) is 19.1 Å². The van der Waals surface area contributed by atoms with Crippen LogP contribution < -0.4 is 5.32 Å². The molecule has 2 rings (SSSR count). The number of nitro groups is 1. The second kappa shape index (κ2) is 11.6. The van der Waals surface area contributed by atoms with Crippen LogP contribution in [0.4, 0.5) is 5.69 Å². The van der Waals surface area contributed by atoms with Gasteiger partial charge in [-0.2, -0.15) is 0 Å². The number of benzene rings is 1. The lowest BCUT2D eigenvalue weighted by molar-refractivity contribution is -0.384. The van der Waals surface area contributed by atoms with Crippen LogP contribution in [0.2, 0.25) is 0 Å². The quantitative estimate of drug-likeness (QED) is 0.261. The van der Waals surface area contributed by atoms with Crippen molar-refractivity contribution >= 4 is 17.6 Å². The van der Waals surface area contributed by atoms with Gasteiger partial charge in [-0.15, -0.1) is 0 Å². The minimum absolute atomic E-state index is 0.0416. The van der Waals surface area contributed by atoms with Gasteiger partial charge < -0.3 is 14.8 Å². The fourth-order valence-electron chi connectivity index (χ4n) is 3.41. The number of esters is 2. The van der Waals surface area contributed by atoms with Crippen LogP contribution in [0.1, 0.15) is 45.6 Å². The molecule has 170 valence electrons. The van der Waals surface area contributed by atoms with Gasteiger partial charge in [0.2, 0.25) is 0 Å². The summed E-state index contributed by atoms with van der Waals surface area (Å²) in [6.45, 7) is 7.41. The van der Waals surface area contributed by atoms with Crippen molar-refractivity contribution in [3.63, 3.8) is 0 Å². The third kappa shape index (κ3) is 5.94. The Labute approximate surface area is 187 Å². The van der Waals surface area contributed by atoms with E-state index in [4.69, 9.17) is 9.47 Å². The Morgan fingerprint density at radius 2 is 1.78 bits per heavy atom. The number of rotatable bonds is 9. The number of carbonyl (C=O) groups excluding carboxylic acids is 2. The predicted octanol–water partition coefficient (Wildman–Crippen LogP) is 4.46. The summed E-state index contributed by atoms with van der Waals surface area (Å²) in [6.07, 6.45) is 7.72. The average molecular weight is 440 g/mol. The Hall–Kier alpha value is -3.68. The van der Waals surface area contributed by atoms with E-state index in [0.717, 1.165) is 0 Å². The molecule has 8 heteroatoms. The van der Waals surface area contributed by atoms with Crippen molar-refractivity contribution in [1.29, 1.82) is 0 Å². The summed E-state index contributed by atoms with van der Waals surface area (Å²) in [5, 5.41) is 14.4. The van der Waals surface area contributed by atoms with Crippen molar-refractivity contribution in [3.05, 3.63) is 86.8 Å². The zero-order valence-corrected chi connectivity index (χ0v) is 18.7. The number of nitrogens with one attached hydrogen (secondary N) is 1. The van der Waals surface area contributed by atoms with Crippen molar-refractivity contribution in [2.75, 3.05) is 13.2 Å². The first kappa shape index (κ1) is 24.6. The lowest BCUT2D eigenvalue weighted by Gasteiger charge is -2.30. The molecule has 1 aliphatic heterocycles. The molecule has 1 aromatic rings. The molecule has 1 aliphatic rings. The zero-order valence-electron chi connectivity index (χ0n) is 18.7. The highest BCUT2D eigenvalue weighted by Gasteiger charge is 2.38. The van der Waals surface area contributed by atoms with Crippen molar-refractivity contribution in [3.8, 4) is 0 Å². The molecule has 0 saturated heterocycles. The molecule has 0 aliphatic carbocycles. The summed E-state index contributed by atoms with van der Waals surface area (Å²) < 4.78 is 10.8. The van der Waals surface area contributed by atoms with Gasteiger partial charge in [0, 0.05) is 23.5 Å². The first-order valence-corrected chi connectivity index (χ1v) is 10.4. The predicted molar refractivity (Wildman–Crippen MR) is 121 cm³/mol. The van der Waals surface area contributed by atoms with Crippen molar-refractivity contribution < 1.29 is 24.0 Å². The molecule has 8 nitrogen and oxygen atoms in total. The minimum Gasteiger partial charge on any atom is -0.462 e. The standard InChI is InChI=1S/C24H28N2O6/c1-5-7-8-9-14-32-24(28)21-17(4)25-16(3)20(23(27)31-13-6-2)22(21)18-11-10-12-19(15-18)26(29)30/h5,7-12,15,22,25H,6,13-14H2,1-4H3. The topological polar surface area (TPSA) is 108 Å². The molecular weight excluding hydrogens is 412 g/mol. The van der Waals surface area contributed by atoms with E-state index in [1.807, 2.05) is 19.9 Å². The molecule has 1 N–H and O–H groups in total. The summed E-state index contributed by atoms with van der Waals surface area (Å²) in [6, 6.07) is 5.90. The smallest absolute Gasteiger partial charge is 0.337 e. The maximum absolute atomic E-state index is 13.1. The second-order valence-electron chi connectivity index (χ2n) is 7.18.